The van der Waals surface area contributed by atoms with E-state index >= 15 is 0 Å². The van der Waals surface area contributed by atoms with Crippen LogP contribution in [-0.2, 0) is 19.0 Å². The van der Waals surface area contributed by atoms with Gasteiger partial charge in [-0.15, -0.1) is 0 Å². The molecule has 0 N–H and O–H groups in total. The number of esters is 1. The first-order valence-electron chi connectivity index (χ1n) is 10.1. The Kier molecular flexibility index (Phi) is 3.88. The molecule has 0 aromatic heterocycles. The fraction of sp³-hybridized carbons (Fsp3) is 0.952. The van der Waals surface area contributed by atoms with Crippen LogP contribution < -0.4 is 0 Å². The van der Waals surface area contributed by atoms with Gasteiger partial charge in [0.1, 0.15) is 0 Å². The Hall–Kier alpha value is -0.610. The van der Waals surface area contributed by atoms with Gasteiger partial charge in [-0.3, -0.25) is 4.79 Å². The minimum atomic E-state index is -0.375. The molecule has 4 nitrogen and oxygen atoms in total. The number of carbonyl (C=O) groups is 1. The van der Waals surface area contributed by atoms with Crippen LogP contribution in [0.2, 0.25) is 0 Å². The van der Waals surface area contributed by atoms with Gasteiger partial charge in [0.05, 0.1) is 24.7 Å². The number of carbonyl (C=O) groups excluding carboxylic acids is 1. The van der Waals surface area contributed by atoms with Crippen molar-refractivity contribution in [2.24, 2.45) is 28.6 Å². The lowest BCUT2D eigenvalue weighted by Crippen LogP contribution is -2.63. The normalized spacial score (nSPS) is 51.8. The van der Waals surface area contributed by atoms with Gasteiger partial charge < -0.3 is 14.2 Å². The molecule has 4 rings (SSSR count). The van der Waals surface area contributed by atoms with Gasteiger partial charge >= 0.3 is 5.97 Å². The molecular formula is C21H34O4. The zero-order valence-corrected chi connectivity index (χ0v) is 16.5. The van der Waals surface area contributed by atoms with Crippen molar-refractivity contribution in [1.29, 1.82) is 0 Å². The SMILES string of the molecule is COC(=O)[C@]1(C)CCC[C@]2(C)C3CC[C@@]4(C(C)C)OC[C@]3(CCC21)O4. The van der Waals surface area contributed by atoms with Gasteiger partial charge in [-0.05, 0) is 56.3 Å². The summed E-state index contributed by atoms with van der Waals surface area (Å²) in [6, 6.07) is 0. The first-order valence-corrected chi connectivity index (χ1v) is 10.1. The zero-order valence-electron chi connectivity index (χ0n) is 16.5. The maximum absolute atomic E-state index is 12.7. The van der Waals surface area contributed by atoms with Crippen LogP contribution in [0.25, 0.3) is 0 Å². The lowest BCUT2D eigenvalue weighted by atomic mass is 9.44. The van der Waals surface area contributed by atoms with Crippen molar-refractivity contribution in [2.75, 3.05) is 13.7 Å². The first-order chi connectivity index (χ1) is 11.7. The summed E-state index contributed by atoms with van der Waals surface area (Å²) in [5.74, 6) is 0.852. The molecule has 2 saturated carbocycles. The highest BCUT2D eigenvalue weighted by Gasteiger charge is 2.69. The Morgan fingerprint density at radius 3 is 2.48 bits per heavy atom. The zero-order chi connectivity index (χ0) is 18.1. The summed E-state index contributed by atoms with van der Waals surface area (Å²) in [6.07, 6.45) is 7.43. The van der Waals surface area contributed by atoms with Gasteiger partial charge in [-0.25, -0.2) is 0 Å². The predicted molar refractivity (Wildman–Crippen MR) is 94.9 cm³/mol. The molecule has 2 saturated heterocycles. The Morgan fingerprint density at radius 2 is 1.80 bits per heavy atom. The average molecular weight is 350 g/mol. The van der Waals surface area contributed by atoms with Crippen LogP contribution in [0, 0.1) is 28.6 Å². The summed E-state index contributed by atoms with van der Waals surface area (Å²) in [5.41, 5.74) is -0.353. The molecule has 0 radical (unpaired) electrons. The Bertz CT molecular complexity index is 574. The lowest BCUT2D eigenvalue weighted by Gasteiger charge is -2.63. The van der Waals surface area contributed by atoms with E-state index in [4.69, 9.17) is 14.2 Å². The van der Waals surface area contributed by atoms with Gasteiger partial charge in [0, 0.05) is 12.3 Å². The summed E-state index contributed by atoms with van der Waals surface area (Å²) in [4.78, 5) is 12.7. The van der Waals surface area contributed by atoms with Crippen LogP contribution in [0.4, 0.5) is 0 Å². The number of hydrogen-bond donors (Lipinski definition) is 0. The van der Waals surface area contributed by atoms with E-state index in [9.17, 15) is 4.79 Å². The maximum Gasteiger partial charge on any atom is 0.311 e. The number of ether oxygens (including phenoxy) is 3. The summed E-state index contributed by atoms with van der Waals surface area (Å²) in [5, 5.41) is 0. The lowest BCUT2D eigenvalue weighted by molar-refractivity contribution is -0.284. The van der Waals surface area contributed by atoms with Crippen LogP contribution in [0.5, 0.6) is 0 Å². The fourth-order valence-corrected chi connectivity index (χ4v) is 7.20. The quantitative estimate of drug-likeness (QED) is 0.696. The molecule has 4 heteroatoms. The Balaban J connectivity index is 1.69. The molecule has 0 aromatic rings. The largest absolute Gasteiger partial charge is 0.469 e. The Labute approximate surface area is 152 Å². The molecule has 4 aliphatic rings. The van der Waals surface area contributed by atoms with E-state index in [0.717, 1.165) is 45.1 Å². The molecule has 1 spiro atoms. The van der Waals surface area contributed by atoms with Crippen molar-refractivity contribution in [3.05, 3.63) is 0 Å². The summed E-state index contributed by atoms with van der Waals surface area (Å²) in [6.45, 7) is 9.72. The van der Waals surface area contributed by atoms with E-state index in [1.54, 1.807) is 0 Å². The molecule has 2 aliphatic carbocycles. The van der Waals surface area contributed by atoms with E-state index in [1.807, 2.05) is 0 Å². The summed E-state index contributed by atoms with van der Waals surface area (Å²) in [7, 11) is 1.54. The second kappa shape index (κ2) is 5.45. The fourth-order valence-electron chi connectivity index (χ4n) is 7.20. The molecule has 25 heavy (non-hydrogen) atoms. The third-order valence-electron chi connectivity index (χ3n) is 8.51. The van der Waals surface area contributed by atoms with Crippen molar-refractivity contribution < 1.29 is 19.0 Å². The van der Waals surface area contributed by atoms with E-state index in [0.29, 0.717) is 17.8 Å². The van der Waals surface area contributed by atoms with Crippen LogP contribution in [0.1, 0.15) is 72.6 Å². The molecule has 2 aliphatic heterocycles. The molecule has 4 fully saturated rings. The number of fused-ring (bicyclic) bond motifs is 3. The highest BCUT2D eigenvalue weighted by molar-refractivity contribution is 5.77. The van der Waals surface area contributed by atoms with Crippen LogP contribution in [0.3, 0.4) is 0 Å². The van der Waals surface area contributed by atoms with Crippen molar-refractivity contribution >= 4 is 5.97 Å². The number of rotatable bonds is 2. The molecule has 142 valence electrons. The minimum absolute atomic E-state index is 0.0182. The second-order valence-electron chi connectivity index (χ2n) is 9.87. The molecule has 2 bridgehead atoms. The third-order valence-corrected chi connectivity index (χ3v) is 8.51. The monoisotopic (exact) mass is 350 g/mol. The maximum atomic E-state index is 12.7. The smallest absolute Gasteiger partial charge is 0.311 e. The van der Waals surface area contributed by atoms with Gasteiger partial charge in [0.15, 0.2) is 5.79 Å². The third kappa shape index (κ3) is 2.16. The minimum Gasteiger partial charge on any atom is -0.469 e. The van der Waals surface area contributed by atoms with Crippen molar-refractivity contribution in [1.82, 2.24) is 0 Å². The first kappa shape index (κ1) is 17.8. The molecule has 0 amide bonds. The highest BCUT2D eigenvalue weighted by atomic mass is 16.8. The van der Waals surface area contributed by atoms with Crippen LogP contribution in [0.15, 0.2) is 0 Å². The Morgan fingerprint density at radius 1 is 1.08 bits per heavy atom. The molecule has 6 atom stereocenters. The molecule has 2 unspecified atom stereocenters. The van der Waals surface area contributed by atoms with Crippen LogP contribution in [-0.4, -0.2) is 31.1 Å². The van der Waals surface area contributed by atoms with Gasteiger partial charge in [0.2, 0.25) is 0 Å². The summed E-state index contributed by atoms with van der Waals surface area (Å²) >= 11 is 0. The van der Waals surface area contributed by atoms with Crippen molar-refractivity contribution in [3.63, 3.8) is 0 Å². The molecule has 0 aromatic carbocycles. The number of hydrogen-bond acceptors (Lipinski definition) is 4. The van der Waals surface area contributed by atoms with Gasteiger partial charge in [-0.2, -0.15) is 0 Å². The predicted octanol–water partition coefficient (Wildman–Crippen LogP) is 4.31. The van der Waals surface area contributed by atoms with E-state index in [1.165, 1.54) is 13.5 Å². The molecular weight excluding hydrogens is 316 g/mol. The van der Waals surface area contributed by atoms with Gasteiger partial charge in [0.25, 0.3) is 0 Å². The van der Waals surface area contributed by atoms with Gasteiger partial charge in [-0.1, -0.05) is 27.2 Å². The van der Waals surface area contributed by atoms with Crippen molar-refractivity contribution in [2.45, 2.75) is 84.0 Å². The van der Waals surface area contributed by atoms with E-state index in [-0.39, 0.29) is 28.2 Å². The average Bonchev–Trinajstić information content (AvgIpc) is 2.86. The highest BCUT2D eigenvalue weighted by Crippen LogP contribution is 2.68. The topological polar surface area (TPSA) is 44.8 Å². The van der Waals surface area contributed by atoms with E-state index in [2.05, 4.69) is 27.7 Å². The van der Waals surface area contributed by atoms with Crippen molar-refractivity contribution in [3.8, 4) is 0 Å². The second-order valence-corrected chi connectivity index (χ2v) is 9.87. The number of methoxy groups -OCH3 is 1. The van der Waals surface area contributed by atoms with E-state index < -0.39 is 0 Å². The standard InChI is InChI=1S/C21H34O4/c1-14(2)21-12-8-16-18(3)9-6-10-19(4,17(22)23-5)15(18)7-11-20(16,25-21)13-24-21/h14-16H,6-13H2,1-5H3/t15?,16?,18-,19+,20-,21+/m0/s1. The van der Waals surface area contributed by atoms with Crippen LogP contribution >= 0.6 is 0 Å². The molecule has 2 heterocycles. The summed E-state index contributed by atoms with van der Waals surface area (Å²) < 4.78 is 18.3.